The number of rotatable bonds is 4. The van der Waals surface area contributed by atoms with Crippen LogP contribution in [0.3, 0.4) is 0 Å². The Morgan fingerprint density at radius 3 is 1.28 bits per heavy atom. The molecule has 0 unspecified atom stereocenters. The van der Waals surface area contributed by atoms with Crippen molar-refractivity contribution < 1.29 is 0 Å². The molecule has 3 heteroatoms. The Labute approximate surface area is 372 Å². The van der Waals surface area contributed by atoms with Gasteiger partial charge in [-0.25, -0.2) is 15.0 Å². The zero-order valence-electron chi connectivity index (χ0n) is 35.5. The third-order valence-electron chi connectivity index (χ3n) is 14.2. The Morgan fingerprint density at radius 1 is 0.266 bits per heavy atom. The van der Waals surface area contributed by atoms with Crippen molar-refractivity contribution in [1.82, 2.24) is 15.0 Å². The van der Waals surface area contributed by atoms with Crippen LogP contribution in [0.5, 0.6) is 0 Å². The molecular formula is C61H41N3. The molecule has 1 aromatic heterocycles. The van der Waals surface area contributed by atoms with Crippen LogP contribution in [0.4, 0.5) is 0 Å². The molecule has 0 fully saturated rings. The molecule has 2 aliphatic rings. The van der Waals surface area contributed by atoms with Crippen molar-refractivity contribution in [3.05, 3.63) is 246 Å². The van der Waals surface area contributed by atoms with Gasteiger partial charge in [0.05, 0.1) is 5.41 Å². The number of hydrogen-bond donors (Lipinski definition) is 0. The van der Waals surface area contributed by atoms with Crippen molar-refractivity contribution in [2.75, 3.05) is 0 Å². The van der Waals surface area contributed by atoms with Gasteiger partial charge in [-0.2, -0.15) is 0 Å². The first-order valence-electron chi connectivity index (χ1n) is 22.2. The second kappa shape index (κ2) is 13.7. The summed E-state index contributed by atoms with van der Waals surface area (Å²) in [5.74, 6) is 1.93. The maximum atomic E-state index is 5.20. The highest BCUT2D eigenvalue weighted by Gasteiger charge is 2.53. The fourth-order valence-corrected chi connectivity index (χ4v) is 11.3. The molecule has 0 N–H and O–H groups in total. The predicted octanol–water partition coefficient (Wildman–Crippen LogP) is 15.0. The van der Waals surface area contributed by atoms with E-state index in [0.717, 1.165) is 22.3 Å². The Kier molecular flexibility index (Phi) is 7.87. The Hall–Kier alpha value is -8.01. The van der Waals surface area contributed by atoms with Gasteiger partial charge >= 0.3 is 0 Å². The van der Waals surface area contributed by atoms with Crippen LogP contribution in [0.1, 0.15) is 47.2 Å². The number of benzene rings is 10. The van der Waals surface area contributed by atoms with E-state index in [1.165, 1.54) is 82.4 Å². The Balaban J connectivity index is 0.931. The molecule has 10 aromatic carbocycles. The van der Waals surface area contributed by atoms with E-state index in [1.54, 1.807) is 0 Å². The highest BCUT2D eigenvalue weighted by molar-refractivity contribution is 6.25. The number of nitrogens with zero attached hydrogens (tertiary/aromatic N) is 3. The summed E-state index contributed by atoms with van der Waals surface area (Å²) in [6.45, 7) is 4.75. The van der Waals surface area contributed by atoms with Gasteiger partial charge in [0.1, 0.15) is 0 Å². The van der Waals surface area contributed by atoms with Gasteiger partial charge in [-0.05, 0) is 100 Å². The van der Waals surface area contributed by atoms with E-state index in [9.17, 15) is 0 Å². The standard InChI is InChI=1S/C61H41N3/c1-60(2)53-24-12-14-26-55(53)61(56-27-15-13-25-54(56)60)51-23-11-10-22-48(51)50-36-41(33-35-52(50)61)38-28-30-40(31-29-38)58-62-57(39-16-4-3-5-17-39)63-59(64-58)42-32-34-47-45-20-7-6-18-43(45)44-19-8-9-21-46(44)49(47)37-42/h3-37H,1-2H3. The van der Waals surface area contributed by atoms with Gasteiger partial charge < -0.3 is 0 Å². The quantitative estimate of drug-likeness (QED) is 0.166. The van der Waals surface area contributed by atoms with Crippen molar-refractivity contribution in [1.29, 1.82) is 0 Å². The summed E-state index contributed by atoms with van der Waals surface area (Å²) in [5.41, 5.74) is 15.4. The lowest BCUT2D eigenvalue weighted by atomic mass is 9.55. The van der Waals surface area contributed by atoms with E-state index in [-0.39, 0.29) is 5.41 Å². The van der Waals surface area contributed by atoms with Crippen molar-refractivity contribution in [2.45, 2.75) is 24.7 Å². The van der Waals surface area contributed by atoms with Crippen LogP contribution in [0.15, 0.2) is 212 Å². The van der Waals surface area contributed by atoms with Gasteiger partial charge in [0, 0.05) is 22.1 Å². The lowest BCUT2D eigenvalue weighted by molar-refractivity contribution is 0.563. The third-order valence-corrected chi connectivity index (χ3v) is 14.2. The van der Waals surface area contributed by atoms with Crippen molar-refractivity contribution in [2.24, 2.45) is 0 Å². The molecule has 0 amide bonds. The minimum Gasteiger partial charge on any atom is -0.208 e. The fraction of sp³-hybridized carbons (Fsp3) is 0.0656. The van der Waals surface area contributed by atoms with E-state index in [2.05, 4.69) is 208 Å². The molecule has 3 nitrogen and oxygen atoms in total. The first-order chi connectivity index (χ1) is 31.5. The SMILES string of the molecule is CC1(C)c2ccccc2C2(c3ccccc3-c3cc(-c4ccc(-c5nc(-c6ccccc6)nc(-c6ccc7c8ccccc8c8ccccc8c7c6)n5)cc4)ccc32)c2ccccc21. The molecule has 64 heavy (non-hydrogen) atoms. The minimum atomic E-state index is -0.407. The molecular weight excluding hydrogens is 775 g/mol. The molecule has 0 atom stereocenters. The molecule has 13 rings (SSSR count). The molecule has 1 spiro atoms. The van der Waals surface area contributed by atoms with Crippen LogP contribution in [0, 0.1) is 0 Å². The zero-order chi connectivity index (χ0) is 42.6. The molecule has 0 radical (unpaired) electrons. The number of aromatic nitrogens is 3. The largest absolute Gasteiger partial charge is 0.208 e. The van der Waals surface area contributed by atoms with E-state index in [0.29, 0.717) is 17.5 Å². The number of fused-ring (bicyclic) bond motifs is 15. The highest BCUT2D eigenvalue weighted by Crippen LogP contribution is 2.62. The smallest absolute Gasteiger partial charge is 0.164 e. The summed E-state index contributed by atoms with van der Waals surface area (Å²) >= 11 is 0. The van der Waals surface area contributed by atoms with Crippen LogP contribution < -0.4 is 0 Å². The van der Waals surface area contributed by atoms with Gasteiger partial charge in [0.15, 0.2) is 17.5 Å². The second-order valence-electron chi connectivity index (χ2n) is 17.9. The Morgan fingerprint density at radius 2 is 0.672 bits per heavy atom. The van der Waals surface area contributed by atoms with E-state index < -0.39 is 5.41 Å². The molecule has 0 aliphatic heterocycles. The van der Waals surface area contributed by atoms with Crippen LogP contribution >= 0.6 is 0 Å². The summed E-state index contributed by atoms with van der Waals surface area (Å²) in [5, 5.41) is 7.36. The van der Waals surface area contributed by atoms with Gasteiger partial charge in [-0.1, -0.05) is 214 Å². The van der Waals surface area contributed by atoms with E-state index in [1.807, 2.05) is 18.2 Å². The van der Waals surface area contributed by atoms with Gasteiger partial charge in [-0.3, -0.25) is 0 Å². The van der Waals surface area contributed by atoms with Gasteiger partial charge in [-0.15, -0.1) is 0 Å². The maximum Gasteiger partial charge on any atom is 0.164 e. The minimum absolute atomic E-state index is 0.126. The molecule has 0 bridgehead atoms. The summed E-state index contributed by atoms with van der Waals surface area (Å²) in [7, 11) is 0. The Bertz CT molecular complexity index is 3610. The maximum absolute atomic E-state index is 5.20. The van der Waals surface area contributed by atoms with Crippen LogP contribution in [0.2, 0.25) is 0 Å². The summed E-state index contributed by atoms with van der Waals surface area (Å²) in [6, 6.07) is 77.3. The van der Waals surface area contributed by atoms with E-state index in [4.69, 9.17) is 15.0 Å². The first-order valence-corrected chi connectivity index (χ1v) is 22.2. The monoisotopic (exact) mass is 815 g/mol. The summed E-state index contributed by atoms with van der Waals surface area (Å²) in [4.78, 5) is 15.4. The lowest BCUT2D eigenvalue weighted by Crippen LogP contribution is -2.40. The normalized spacial score (nSPS) is 14.0. The van der Waals surface area contributed by atoms with Gasteiger partial charge in [0.2, 0.25) is 0 Å². The van der Waals surface area contributed by atoms with Crippen LogP contribution in [0.25, 0.3) is 88.7 Å². The lowest BCUT2D eigenvalue weighted by Gasteiger charge is -2.46. The summed E-state index contributed by atoms with van der Waals surface area (Å²) in [6.07, 6.45) is 0. The molecule has 2 aliphatic carbocycles. The average Bonchev–Trinajstić information content (AvgIpc) is 3.66. The van der Waals surface area contributed by atoms with Crippen molar-refractivity contribution in [3.63, 3.8) is 0 Å². The molecule has 0 saturated carbocycles. The third kappa shape index (κ3) is 5.19. The highest BCUT2D eigenvalue weighted by atomic mass is 15.0. The van der Waals surface area contributed by atoms with E-state index >= 15 is 0 Å². The topological polar surface area (TPSA) is 38.7 Å². The number of hydrogen-bond acceptors (Lipinski definition) is 3. The van der Waals surface area contributed by atoms with Crippen LogP contribution in [-0.4, -0.2) is 15.0 Å². The van der Waals surface area contributed by atoms with Crippen molar-refractivity contribution in [3.8, 4) is 56.4 Å². The summed E-state index contributed by atoms with van der Waals surface area (Å²) < 4.78 is 0. The fourth-order valence-electron chi connectivity index (χ4n) is 11.3. The average molecular weight is 816 g/mol. The molecule has 300 valence electrons. The zero-order valence-corrected chi connectivity index (χ0v) is 35.5. The predicted molar refractivity (Wildman–Crippen MR) is 264 cm³/mol. The second-order valence-corrected chi connectivity index (χ2v) is 17.9. The van der Waals surface area contributed by atoms with Crippen molar-refractivity contribution >= 4 is 32.3 Å². The van der Waals surface area contributed by atoms with Crippen LogP contribution in [-0.2, 0) is 10.8 Å². The van der Waals surface area contributed by atoms with Gasteiger partial charge in [0.25, 0.3) is 0 Å². The molecule has 0 saturated heterocycles. The molecule has 1 heterocycles. The first kappa shape index (κ1) is 36.6. The molecule has 11 aromatic rings.